The van der Waals surface area contributed by atoms with Crippen LogP contribution < -0.4 is 5.32 Å². The SMILES string of the molecule is CNCCCC1CCCCC1(O)C(F)(F)F. The topological polar surface area (TPSA) is 32.3 Å². The Morgan fingerprint density at radius 3 is 2.62 bits per heavy atom. The van der Waals surface area contributed by atoms with Crippen LogP contribution in [0.2, 0.25) is 0 Å². The summed E-state index contributed by atoms with van der Waals surface area (Å²) >= 11 is 0. The van der Waals surface area contributed by atoms with Gasteiger partial charge in [0.2, 0.25) is 0 Å². The summed E-state index contributed by atoms with van der Waals surface area (Å²) in [4.78, 5) is 0. The van der Waals surface area contributed by atoms with Crippen LogP contribution in [0.25, 0.3) is 0 Å². The molecule has 96 valence electrons. The number of halogens is 3. The fourth-order valence-electron chi connectivity index (χ4n) is 2.51. The molecule has 2 unspecified atom stereocenters. The number of alkyl halides is 3. The van der Waals surface area contributed by atoms with Crippen molar-refractivity contribution in [1.82, 2.24) is 5.32 Å². The van der Waals surface area contributed by atoms with Crippen molar-refractivity contribution in [3.63, 3.8) is 0 Å². The van der Waals surface area contributed by atoms with Gasteiger partial charge in [-0.25, -0.2) is 0 Å². The largest absolute Gasteiger partial charge is 0.417 e. The van der Waals surface area contributed by atoms with E-state index >= 15 is 0 Å². The summed E-state index contributed by atoms with van der Waals surface area (Å²) in [6, 6.07) is 0. The fourth-order valence-corrected chi connectivity index (χ4v) is 2.51. The van der Waals surface area contributed by atoms with Crippen molar-refractivity contribution in [3.8, 4) is 0 Å². The number of rotatable bonds is 4. The van der Waals surface area contributed by atoms with Crippen LogP contribution in [0.1, 0.15) is 38.5 Å². The van der Waals surface area contributed by atoms with Gasteiger partial charge in [-0.05, 0) is 45.2 Å². The summed E-state index contributed by atoms with van der Waals surface area (Å²) in [5.41, 5.74) is -2.45. The molecule has 1 aliphatic carbocycles. The van der Waals surface area contributed by atoms with E-state index in [0.717, 1.165) is 6.42 Å². The summed E-state index contributed by atoms with van der Waals surface area (Å²) in [6.07, 6.45) is -1.75. The van der Waals surface area contributed by atoms with E-state index < -0.39 is 17.7 Å². The number of hydrogen-bond acceptors (Lipinski definition) is 2. The van der Waals surface area contributed by atoms with Gasteiger partial charge in [-0.15, -0.1) is 0 Å². The molecule has 1 rings (SSSR count). The van der Waals surface area contributed by atoms with Gasteiger partial charge in [0.05, 0.1) is 0 Å². The molecule has 16 heavy (non-hydrogen) atoms. The maximum absolute atomic E-state index is 12.8. The van der Waals surface area contributed by atoms with Crippen LogP contribution in [0, 0.1) is 5.92 Å². The minimum Gasteiger partial charge on any atom is -0.380 e. The van der Waals surface area contributed by atoms with Crippen LogP contribution in [-0.2, 0) is 0 Å². The normalized spacial score (nSPS) is 31.7. The molecule has 1 fully saturated rings. The first-order chi connectivity index (χ1) is 7.42. The Hall–Kier alpha value is -0.290. The highest BCUT2D eigenvalue weighted by Crippen LogP contribution is 2.46. The molecule has 0 aliphatic heterocycles. The van der Waals surface area contributed by atoms with Crippen molar-refractivity contribution in [2.24, 2.45) is 5.92 Å². The van der Waals surface area contributed by atoms with Gasteiger partial charge in [-0.1, -0.05) is 12.8 Å². The predicted molar refractivity (Wildman–Crippen MR) is 56.1 cm³/mol. The second kappa shape index (κ2) is 5.36. The molecule has 1 aliphatic rings. The van der Waals surface area contributed by atoms with Crippen LogP contribution in [0.15, 0.2) is 0 Å². The molecule has 0 radical (unpaired) electrons. The molecule has 0 amide bonds. The van der Waals surface area contributed by atoms with Gasteiger partial charge in [0.25, 0.3) is 0 Å². The summed E-state index contributed by atoms with van der Waals surface area (Å²) in [5.74, 6) is -0.630. The average Bonchev–Trinajstić information content (AvgIpc) is 2.19. The first-order valence-electron chi connectivity index (χ1n) is 5.85. The summed E-state index contributed by atoms with van der Waals surface area (Å²) < 4.78 is 38.5. The quantitative estimate of drug-likeness (QED) is 0.739. The van der Waals surface area contributed by atoms with Crippen molar-refractivity contribution in [3.05, 3.63) is 0 Å². The van der Waals surface area contributed by atoms with E-state index in [1.807, 2.05) is 0 Å². The molecule has 0 heterocycles. The highest BCUT2D eigenvalue weighted by atomic mass is 19.4. The summed E-state index contributed by atoms with van der Waals surface area (Å²) in [6.45, 7) is 0.699. The van der Waals surface area contributed by atoms with Crippen molar-refractivity contribution in [1.29, 1.82) is 0 Å². The Bertz CT molecular complexity index is 220. The zero-order valence-electron chi connectivity index (χ0n) is 9.61. The maximum Gasteiger partial charge on any atom is 0.417 e. The van der Waals surface area contributed by atoms with Crippen molar-refractivity contribution in [2.75, 3.05) is 13.6 Å². The molecular weight excluding hydrogens is 219 g/mol. The summed E-state index contributed by atoms with van der Waals surface area (Å²) in [7, 11) is 1.77. The maximum atomic E-state index is 12.8. The van der Waals surface area contributed by atoms with Gasteiger partial charge in [-0.2, -0.15) is 13.2 Å². The molecule has 0 aromatic carbocycles. The highest BCUT2D eigenvalue weighted by molar-refractivity contribution is 4.95. The smallest absolute Gasteiger partial charge is 0.380 e. The van der Waals surface area contributed by atoms with E-state index in [1.54, 1.807) is 7.05 Å². The Morgan fingerprint density at radius 2 is 2.06 bits per heavy atom. The van der Waals surface area contributed by atoms with E-state index in [4.69, 9.17) is 0 Å². The Morgan fingerprint density at radius 1 is 1.38 bits per heavy atom. The first kappa shape index (κ1) is 13.8. The number of hydrogen-bond donors (Lipinski definition) is 2. The molecule has 0 spiro atoms. The van der Waals surface area contributed by atoms with Gasteiger partial charge >= 0.3 is 6.18 Å². The average molecular weight is 239 g/mol. The molecule has 2 atom stereocenters. The third-order valence-electron chi connectivity index (χ3n) is 3.51. The Labute approximate surface area is 94.2 Å². The zero-order chi connectivity index (χ0) is 12.2. The minimum atomic E-state index is -4.49. The number of nitrogens with one attached hydrogen (secondary N) is 1. The lowest BCUT2D eigenvalue weighted by Crippen LogP contribution is -2.53. The first-order valence-corrected chi connectivity index (χ1v) is 5.85. The molecular formula is C11H20F3NO. The Balaban J connectivity index is 2.63. The second-order valence-corrected chi connectivity index (χ2v) is 4.61. The third kappa shape index (κ3) is 2.88. The summed E-state index contributed by atoms with van der Waals surface area (Å²) in [5, 5.41) is 12.7. The van der Waals surface area contributed by atoms with Crippen molar-refractivity contribution < 1.29 is 18.3 Å². The van der Waals surface area contributed by atoms with E-state index in [1.165, 1.54) is 0 Å². The fraction of sp³-hybridized carbons (Fsp3) is 1.00. The molecule has 1 saturated carbocycles. The van der Waals surface area contributed by atoms with Crippen LogP contribution in [0.3, 0.4) is 0 Å². The van der Waals surface area contributed by atoms with E-state index in [9.17, 15) is 18.3 Å². The van der Waals surface area contributed by atoms with Crippen molar-refractivity contribution in [2.45, 2.75) is 50.3 Å². The standard InChI is InChI=1S/C11H20F3NO/c1-15-8-4-6-9-5-2-3-7-10(9,16)11(12,13)14/h9,15-16H,2-8H2,1H3. The lowest BCUT2D eigenvalue weighted by atomic mass is 9.73. The molecule has 0 aromatic heterocycles. The molecule has 2 N–H and O–H groups in total. The lowest BCUT2D eigenvalue weighted by molar-refractivity contribution is -0.289. The monoisotopic (exact) mass is 239 g/mol. The van der Waals surface area contributed by atoms with Gasteiger partial charge < -0.3 is 10.4 Å². The molecule has 5 heteroatoms. The van der Waals surface area contributed by atoms with E-state index in [2.05, 4.69) is 5.32 Å². The molecule has 0 saturated heterocycles. The number of aliphatic hydroxyl groups is 1. The lowest BCUT2D eigenvalue weighted by Gasteiger charge is -2.41. The zero-order valence-corrected chi connectivity index (χ0v) is 9.61. The third-order valence-corrected chi connectivity index (χ3v) is 3.51. The molecule has 0 aromatic rings. The van der Waals surface area contributed by atoms with Gasteiger partial charge in [0.1, 0.15) is 0 Å². The van der Waals surface area contributed by atoms with E-state index in [-0.39, 0.29) is 6.42 Å². The highest BCUT2D eigenvalue weighted by Gasteiger charge is 2.58. The second-order valence-electron chi connectivity index (χ2n) is 4.61. The van der Waals surface area contributed by atoms with Gasteiger partial charge in [-0.3, -0.25) is 0 Å². The van der Waals surface area contributed by atoms with Crippen molar-refractivity contribution >= 4 is 0 Å². The van der Waals surface area contributed by atoms with Crippen LogP contribution in [0.4, 0.5) is 13.2 Å². The van der Waals surface area contributed by atoms with Gasteiger partial charge in [0, 0.05) is 0 Å². The molecule has 2 nitrogen and oxygen atoms in total. The van der Waals surface area contributed by atoms with Crippen LogP contribution in [0.5, 0.6) is 0 Å². The van der Waals surface area contributed by atoms with Crippen LogP contribution >= 0.6 is 0 Å². The van der Waals surface area contributed by atoms with Gasteiger partial charge in [0.15, 0.2) is 5.60 Å². The molecule has 0 bridgehead atoms. The van der Waals surface area contributed by atoms with Crippen LogP contribution in [-0.4, -0.2) is 30.5 Å². The van der Waals surface area contributed by atoms with E-state index in [0.29, 0.717) is 32.2 Å². The predicted octanol–water partition coefficient (Wildman–Crippen LogP) is 2.47. The minimum absolute atomic E-state index is 0.138. The Kier molecular flexibility index (Phi) is 4.62.